The van der Waals surface area contributed by atoms with Crippen LogP contribution in [0.15, 0.2) is 18.5 Å². The van der Waals surface area contributed by atoms with Crippen LogP contribution in [0.2, 0.25) is 0 Å². The fourth-order valence-corrected chi connectivity index (χ4v) is 3.33. The standard InChI is InChI=1S/C15H19N5O2S/c1-10(2)20-14-11(8-17-20)7-12(9-16-14)18-13(21)3-4-19-5-6-23-15(19)22/h7-10H,3-6H2,1-2H3,(H,18,21). The molecule has 0 aliphatic carbocycles. The van der Waals surface area contributed by atoms with Gasteiger partial charge in [0.2, 0.25) is 5.91 Å². The van der Waals surface area contributed by atoms with Crippen molar-refractivity contribution in [2.24, 2.45) is 0 Å². The molecule has 0 atom stereocenters. The third kappa shape index (κ3) is 3.47. The van der Waals surface area contributed by atoms with Crippen LogP contribution in [0, 0.1) is 0 Å². The number of nitrogens with one attached hydrogen (secondary N) is 1. The average molecular weight is 333 g/mol. The van der Waals surface area contributed by atoms with Crippen LogP contribution in [0.5, 0.6) is 0 Å². The number of aromatic nitrogens is 3. The number of thioether (sulfide) groups is 1. The van der Waals surface area contributed by atoms with Gasteiger partial charge in [0.15, 0.2) is 5.65 Å². The zero-order chi connectivity index (χ0) is 16.4. The molecule has 0 aromatic carbocycles. The number of nitrogens with zero attached hydrogens (tertiary/aromatic N) is 4. The predicted octanol–water partition coefficient (Wildman–Crippen LogP) is 2.51. The summed E-state index contributed by atoms with van der Waals surface area (Å²) >= 11 is 1.30. The summed E-state index contributed by atoms with van der Waals surface area (Å²) in [4.78, 5) is 29.6. The van der Waals surface area contributed by atoms with Crippen LogP contribution in [0.4, 0.5) is 10.5 Å². The van der Waals surface area contributed by atoms with Crippen molar-refractivity contribution in [2.45, 2.75) is 26.3 Å². The number of amides is 2. The van der Waals surface area contributed by atoms with Crippen molar-refractivity contribution in [1.82, 2.24) is 19.7 Å². The zero-order valence-corrected chi connectivity index (χ0v) is 14.0. The fourth-order valence-electron chi connectivity index (χ4n) is 2.48. The molecule has 2 aromatic heterocycles. The number of rotatable bonds is 5. The number of anilines is 1. The van der Waals surface area contributed by atoms with Gasteiger partial charge in [-0.3, -0.25) is 9.59 Å². The monoisotopic (exact) mass is 333 g/mol. The predicted molar refractivity (Wildman–Crippen MR) is 90.6 cm³/mol. The minimum atomic E-state index is -0.118. The molecule has 0 spiro atoms. The van der Waals surface area contributed by atoms with Gasteiger partial charge in [-0.1, -0.05) is 11.8 Å². The van der Waals surface area contributed by atoms with E-state index in [0.29, 0.717) is 12.2 Å². The van der Waals surface area contributed by atoms with Gasteiger partial charge in [-0.15, -0.1) is 0 Å². The molecule has 0 radical (unpaired) electrons. The molecule has 0 unspecified atom stereocenters. The number of hydrogen-bond acceptors (Lipinski definition) is 5. The van der Waals surface area contributed by atoms with Gasteiger partial charge in [0, 0.05) is 36.7 Å². The van der Waals surface area contributed by atoms with Gasteiger partial charge >= 0.3 is 0 Å². The molecule has 1 N–H and O–H groups in total. The van der Waals surface area contributed by atoms with Crippen molar-refractivity contribution in [3.8, 4) is 0 Å². The van der Waals surface area contributed by atoms with Crippen LogP contribution < -0.4 is 5.32 Å². The second kappa shape index (κ2) is 6.57. The van der Waals surface area contributed by atoms with Crippen molar-refractivity contribution < 1.29 is 9.59 Å². The van der Waals surface area contributed by atoms with E-state index in [-0.39, 0.29) is 23.6 Å². The molecule has 23 heavy (non-hydrogen) atoms. The molecule has 3 heterocycles. The maximum absolute atomic E-state index is 12.0. The Morgan fingerprint density at radius 2 is 2.26 bits per heavy atom. The zero-order valence-electron chi connectivity index (χ0n) is 13.2. The first-order chi connectivity index (χ1) is 11.0. The van der Waals surface area contributed by atoms with E-state index in [1.54, 1.807) is 17.3 Å². The van der Waals surface area contributed by atoms with E-state index in [0.717, 1.165) is 23.3 Å². The molecule has 0 bridgehead atoms. The van der Waals surface area contributed by atoms with Gasteiger partial charge in [-0.25, -0.2) is 9.67 Å². The normalized spacial score (nSPS) is 14.9. The SMILES string of the molecule is CC(C)n1ncc2cc(NC(=O)CCN3CCSC3=O)cnc21. The summed E-state index contributed by atoms with van der Waals surface area (Å²) in [6, 6.07) is 2.10. The summed E-state index contributed by atoms with van der Waals surface area (Å²) in [6.45, 7) is 5.26. The molecule has 3 rings (SSSR count). The van der Waals surface area contributed by atoms with Gasteiger partial charge in [0.25, 0.3) is 5.24 Å². The van der Waals surface area contributed by atoms with E-state index in [9.17, 15) is 9.59 Å². The first kappa shape index (κ1) is 15.8. The maximum atomic E-state index is 12.0. The molecule has 1 fully saturated rings. The van der Waals surface area contributed by atoms with Crippen molar-refractivity contribution in [3.63, 3.8) is 0 Å². The van der Waals surface area contributed by atoms with Crippen molar-refractivity contribution >= 4 is 39.6 Å². The third-order valence-electron chi connectivity index (χ3n) is 3.66. The molecule has 2 amide bonds. The Kier molecular flexibility index (Phi) is 4.51. The fraction of sp³-hybridized carbons (Fsp3) is 0.467. The molecular weight excluding hydrogens is 314 g/mol. The highest BCUT2D eigenvalue weighted by molar-refractivity contribution is 8.13. The van der Waals surface area contributed by atoms with Crippen LogP contribution in [0.3, 0.4) is 0 Å². The molecule has 8 heteroatoms. The summed E-state index contributed by atoms with van der Waals surface area (Å²) in [7, 11) is 0. The molecule has 0 saturated carbocycles. The van der Waals surface area contributed by atoms with E-state index in [1.807, 2.05) is 24.6 Å². The second-order valence-corrected chi connectivity index (χ2v) is 6.77. The van der Waals surface area contributed by atoms with Crippen LogP contribution in [-0.2, 0) is 4.79 Å². The van der Waals surface area contributed by atoms with Crippen molar-refractivity contribution in [2.75, 3.05) is 24.2 Å². The number of hydrogen-bond donors (Lipinski definition) is 1. The highest BCUT2D eigenvalue weighted by atomic mass is 32.2. The highest BCUT2D eigenvalue weighted by Crippen LogP contribution is 2.20. The number of pyridine rings is 1. The van der Waals surface area contributed by atoms with E-state index < -0.39 is 0 Å². The van der Waals surface area contributed by atoms with Crippen LogP contribution in [-0.4, -0.2) is 49.7 Å². The summed E-state index contributed by atoms with van der Waals surface area (Å²) < 4.78 is 1.84. The lowest BCUT2D eigenvalue weighted by molar-refractivity contribution is -0.116. The average Bonchev–Trinajstić information content (AvgIpc) is 3.10. The lowest BCUT2D eigenvalue weighted by Crippen LogP contribution is -2.27. The minimum Gasteiger partial charge on any atom is -0.332 e. The Hall–Kier alpha value is -2.09. The van der Waals surface area contributed by atoms with Crippen molar-refractivity contribution in [1.29, 1.82) is 0 Å². The summed E-state index contributed by atoms with van der Waals surface area (Å²) in [5.74, 6) is 0.688. The minimum absolute atomic E-state index is 0.0574. The molecule has 122 valence electrons. The van der Waals surface area contributed by atoms with Gasteiger partial charge in [-0.05, 0) is 19.9 Å². The highest BCUT2D eigenvalue weighted by Gasteiger charge is 2.21. The molecule has 1 saturated heterocycles. The van der Waals surface area contributed by atoms with Crippen molar-refractivity contribution in [3.05, 3.63) is 18.5 Å². The Morgan fingerprint density at radius 3 is 2.96 bits per heavy atom. The first-order valence-corrected chi connectivity index (χ1v) is 8.58. The second-order valence-electron chi connectivity index (χ2n) is 5.72. The first-order valence-electron chi connectivity index (χ1n) is 7.59. The number of carbonyl (C=O) groups excluding carboxylic acids is 2. The van der Waals surface area contributed by atoms with Crippen LogP contribution in [0.1, 0.15) is 26.3 Å². The summed E-state index contributed by atoms with van der Waals surface area (Å²) in [6.07, 6.45) is 3.67. The largest absolute Gasteiger partial charge is 0.332 e. The van der Waals surface area contributed by atoms with Crippen LogP contribution in [0.25, 0.3) is 11.0 Å². The Balaban J connectivity index is 1.62. The molecular formula is C15H19N5O2S. The van der Waals surface area contributed by atoms with Gasteiger partial charge < -0.3 is 10.2 Å². The third-order valence-corrected chi connectivity index (χ3v) is 4.55. The van der Waals surface area contributed by atoms with Gasteiger partial charge in [-0.2, -0.15) is 5.10 Å². The summed E-state index contributed by atoms with van der Waals surface area (Å²) in [5, 5.41) is 8.08. The Bertz CT molecular complexity index is 743. The smallest absolute Gasteiger partial charge is 0.281 e. The molecule has 2 aromatic rings. The Morgan fingerprint density at radius 1 is 1.43 bits per heavy atom. The van der Waals surface area contributed by atoms with E-state index in [2.05, 4.69) is 15.4 Å². The van der Waals surface area contributed by atoms with Gasteiger partial charge in [0.05, 0.1) is 18.1 Å². The van der Waals surface area contributed by atoms with E-state index in [1.165, 1.54) is 11.8 Å². The topological polar surface area (TPSA) is 80.1 Å². The molecule has 7 nitrogen and oxygen atoms in total. The summed E-state index contributed by atoms with van der Waals surface area (Å²) in [5.41, 5.74) is 1.45. The number of fused-ring (bicyclic) bond motifs is 1. The van der Waals surface area contributed by atoms with E-state index in [4.69, 9.17) is 0 Å². The van der Waals surface area contributed by atoms with E-state index >= 15 is 0 Å². The van der Waals surface area contributed by atoms with Gasteiger partial charge in [0.1, 0.15) is 0 Å². The number of carbonyl (C=O) groups is 2. The van der Waals surface area contributed by atoms with Crippen LogP contribution >= 0.6 is 11.8 Å². The Labute approximate surface area is 138 Å². The quantitative estimate of drug-likeness (QED) is 0.909. The molecule has 1 aliphatic rings. The lowest BCUT2D eigenvalue weighted by atomic mass is 10.3. The lowest BCUT2D eigenvalue weighted by Gasteiger charge is -2.13. The molecule has 1 aliphatic heterocycles. The maximum Gasteiger partial charge on any atom is 0.281 e.